The highest BCUT2D eigenvalue weighted by atomic mass is 35.5. The Morgan fingerprint density at radius 1 is 1.52 bits per heavy atom. The molecule has 1 saturated heterocycles. The van der Waals surface area contributed by atoms with Crippen molar-refractivity contribution in [2.45, 2.75) is 57.8 Å². The quantitative estimate of drug-likeness (QED) is 0.831. The van der Waals surface area contributed by atoms with Gasteiger partial charge in [-0.15, -0.1) is 0 Å². The summed E-state index contributed by atoms with van der Waals surface area (Å²) in [5, 5.41) is 12.6. The zero-order chi connectivity index (χ0) is 17.1. The molecule has 1 aliphatic heterocycles. The number of carboxylic acids is 1. The minimum atomic E-state index is -0.850. The first-order valence-corrected chi connectivity index (χ1v) is 8.42. The standard InChI is InChI=1S/C17H24ClFN2O2/c1-4-14(17(22)23)20-15-7-8-21(10(2)3)16(15)11-5-6-12(18)13(19)9-11/h5-6,9-10,14-16,20H,4,7-8H2,1-3H3,(H,22,23). The molecular weight excluding hydrogens is 319 g/mol. The van der Waals surface area contributed by atoms with Gasteiger partial charge in [-0.25, -0.2) is 4.39 Å². The maximum atomic E-state index is 13.9. The number of halogens is 2. The maximum Gasteiger partial charge on any atom is 0.320 e. The van der Waals surface area contributed by atoms with Gasteiger partial charge in [0.15, 0.2) is 0 Å². The van der Waals surface area contributed by atoms with Crippen LogP contribution >= 0.6 is 11.6 Å². The highest BCUT2D eigenvalue weighted by Gasteiger charge is 2.38. The van der Waals surface area contributed by atoms with Gasteiger partial charge in [-0.2, -0.15) is 0 Å². The average molecular weight is 343 g/mol. The second kappa shape index (κ2) is 7.60. The Hall–Kier alpha value is -1.17. The van der Waals surface area contributed by atoms with Crippen molar-refractivity contribution in [3.05, 3.63) is 34.6 Å². The third-order valence-electron chi connectivity index (χ3n) is 4.51. The molecule has 0 aliphatic carbocycles. The summed E-state index contributed by atoms with van der Waals surface area (Å²) in [5.41, 5.74) is 0.829. The number of nitrogens with one attached hydrogen (secondary N) is 1. The smallest absolute Gasteiger partial charge is 0.320 e. The molecule has 3 atom stereocenters. The molecule has 1 aromatic carbocycles. The summed E-state index contributed by atoms with van der Waals surface area (Å²) in [4.78, 5) is 13.6. The fraction of sp³-hybridized carbons (Fsp3) is 0.588. The van der Waals surface area contributed by atoms with E-state index in [4.69, 9.17) is 11.6 Å². The summed E-state index contributed by atoms with van der Waals surface area (Å²) in [6.07, 6.45) is 1.34. The van der Waals surface area contributed by atoms with Gasteiger partial charge >= 0.3 is 5.97 Å². The maximum absolute atomic E-state index is 13.9. The van der Waals surface area contributed by atoms with Crippen LogP contribution in [0.15, 0.2) is 18.2 Å². The molecule has 0 amide bonds. The van der Waals surface area contributed by atoms with Gasteiger partial charge in [0, 0.05) is 18.6 Å². The minimum absolute atomic E-state index is 0.0287. The summed E-state index contributed by atoms with van der Waals surface area (Å²) in [6.45, 7) is 6.88. The van der Waals surface area contributed by atoms with Crippen molar-refractivity contribution in [1.82, 2.24) is 10.2 Å². The van der Waals surface area contributed by atoms with E-state index in [-0.39, 0.29) is 23.1 Å². The molecule has 128 valence electrons. The predicted molar refractivity (Wildman–Crippen MR) is 89.2 cm³/mol. The molecule has 0 bridgehead atoms. The summed E-state index contributed by atoms with van der Waals surface area (Å²) in [5.74, 6) is -1.29. The number of benzene rings is 1. The van der Waals surface area contributed by atoms with E-state index in [9.17, 15) is 14.3 Å². The normalized spacial score (nSPS) is 23.4. The van der Waals surface area contributed by atoms with E-state index in [0.717, 1.165) is 18.5 Å². The van der Waals surface area contributed by atoms with Crippen LogP contribution in [-0.4, -0.2) is 40.6 Å². The van der Waals surface area contributed by atoms with Gasteiger partial charge in [-0.1, -0.05) is 24.6 Å². The van der Waals surface area contributed by atoms with Gasteiger partial charge in [0.05, 0.1) is 11.1 Å². The van der Waals surface area contributed by atoms with Crippen molar-refractivity contribution < 1.29 is 14.3 Å². The van der Waals surface area contributed by atoms with Crippen LogP contribution in [-0.2, 0) is 4.79 Å². The molecule has 23 heavy (non-hydrogen) atoms. The lowest BCUT2D eigenvalue weighted by Gasteiger charge is -2.33. The molecule has 1 heterocycles. The molecule has 2 rings (SSSR count). The summed E-state index contributed by atoms with van der Waals surface area (Å²) in [6, 6.07) is 4.46. The third kappa shape index (κ3) is 4.03. The minimum Gasteiger partial charge on any atom is -0.480 e. The molecule has 0 spiro atoms. The lowest BCUT2D eigenvalue weighted by atomic mass is 9.98. The molecule has 1 aromatic rings. The molecular formula is C17H24ClFN2O2. The van der Waals surface area contributed by atoms with Gasteiger partial charge in [0.1, 0.15) is 11.9 Å². The summed E-state index contributed by atoms with van der Waals surface area (Å²) < 4.78 is 13.9. The molecule has 0 saturated carbocycles. The van der Waals surface area contributed by atoms with Crippen LogP contribution in [0.1, 0.15) is 45.2 Å². The van der Waals surface area contributed by atoms with Crippen LogP contribution in [0.25, 0.3) is 0 Å². The van der Waals surface area contributed by atoms with Crippen molar-refractivity contribution >= 4 is 17.6 Å². The Balaban J connectivity index is 2.30. The largest absolute Gasteiger partial charge is 0.480 e. The zero-order valence-electron chi connectivity index (χ0n) is 13.7. The van der Waals surface area contributed by atoms with E-state index in [0.29, 0.717) is 6.42 Å². The fourth-order valence-electron chi connectivity index (χ4n) is 3.31. The molecule has 6 heteroatoms. The first-order chi connectivity index (χ1) is 10.8. The number of hydrogen-bond donors (Lipinski definition) is 2. The van der Waals surface area contributed by atoms with Crippen molar-refractivity contribution in [2.24, 2.45) is 0 Å². The first kappa shape index (κ1) is 18.2. The fourth-order valence-corrected chi connectivity index (χ4v) is 3.43. The van der Waals surface area contributed by atoms with Crippen molar-refractivity contribution in [1.29, 1.82) is 0 Å². The third-order valence-corrected chi connectivity index (χ3v) is 4.81. The molecule has 3 unspecified atom stereocenters. The Morgan fingerprint density at radius 3 is 2.74 bits per heavy atom. The second-order valence-corrected chi connectivity index (χ2v) is 6.72. The molecule has 2 N–H and O–H groups in total. The number of likely N-dealkylation sites (tertiary alicyclic amines) is 1. The molecule has 0 aromatic heterocycles. The Morgan fingerprint density at radius 2 is 2.22 bits per heavy atom. The molecule has 4 nitrogen and oxygen atoms in total. The molecule has 1 aliphatic rings. The lowest BCUT2D eigenvalue weighted by Crippen LogP contribution is -2.46. The monoisotopic (exact) mass is 342 g/mol. The van der Waals surface area contributed by atoms with Gasteiger partial charge in [0.25, 0.3) is 0 Å². The van der Waals surface area contributed by atoms with Crippen LogP contribution in [0.3, 0.4) is 0 Å². The number of nitrogens with zero attached hydrogens (tertiary/aromatic N) is 1. The highest BCUT2D eigenvalue weighted by molar-refractivity contribution is 6.30. The van der Waals surface area contributed by atoms with E-state index >= 15 is 0 Å². The number of aliphatic carboxylic acids is 1. The van der Waals surface area contributed by atoms with Crippen LogP contribution in [0.4, 0.5) is 4.39 Å². The number of rotatable bonds is 6. The van der Waals surface area contributed by atoms with E-state index < -0.39 is 17.8 Å². The van der Waals surface area contributed by atoms with E-state index in [2.05, 4.69) is 24.1 Å². The van der Waals surface area contributed by atoms with Crippen molar-refractivity contribution in [3.63, 3.8) is 0 Å². The van der Waals surface area contributed by atoms with Crippen LogP contribution in [0.5, 0.6) is 0 Å². The second-order valence-electron chi connectivity index (χ2n) is 6.31. The Labute approximate surface area is 141 Å². The van der Waals surface area contributed by atoms with Gasteiger partial charge < -0.3 is 5.11 Å². The van der Waals surface area contributed by atoms with Gasteiger partial charge in [0.2, 0.25) is 0 Å². The Kier molecular flexibility index (Phi) is 6.00. The lowest BCUT2D eigenvalue weighted by molar-refractivity contribution is -0.139. The molecule has 1 fully saturated rings. The van der Waals surface area contributed by atoms with Crippen molar-refractivity contribution in [2.75, 3.05) is 6.54 Å². The van der Waals surface area contributed by atoms with Crippen molar-refractivity contribution in [3.8, 4) is 0 Å². The number of hydrogen-bond acceptors (Lipinski definition) is 3. The SMILES string of the molecule is CCC(NC1CCN(C(C)C)C1c1ccc(Cl)c(F)c1)C(=O)O. The Bertz CT molecular complexity index is 568. The molecule has 0 radical (unpaired) electrons. The predicted octanol–water partition coefficient (Wildman–Crippen LogP) is 3.46. The average Bonchev–Trinajstić information content (AvgIpc) is 2.91. The van der Waals surface area contributed by atoms with E-state index in [1.807, 2.05) is 13.0 Å². The van der Waals surface area contributed by atoms with Crippen LogP contribution in [0.2, 0.25) is 5.02 Å². The summed E-state index contributed by atoms with van der Waals surface area (Å²) >= 11 is 5.79. The highest BCUT2D eigenvalue weighted by Crippen LogP contribution is 2.35. The van der Waals surface area contributed by atoms with Crippen LogP contribution in [0, 0.1) is 5.82 Å². The zero-order valence-corrected chi connectivity index (χ0v) is 14.5. The van der Waals surface area contributed by atoms with Gasteiger partial charge in [-0.05, 0) is 44.4 Å². The van der Waals surface area contributed by atoms with E-state index in [1.165, 1.54) is 6.07 Å². The van der Waals surface area contributed by atoms with E-state index in [1.54, 1.807) is 6.07 Å². The summed E-state index contributed by atoms with van der Waals surface area (Å²) in [7, 11) is 0. The topological polar surface area (TPSA) is 52.6 Å². The van der Waals surface area contributed by atoms with Crippen LogP contribution < -0.4 is 5.32 Å². The van der Waals surface area contributed by atoms with Gasteiger partial charge in [-0.3, -0.25) is 15.0 Å². The first-order valence-electron chi connectivity index (χ1n) is 8.04. The number of carbonyl (C=O) groups is 1. The number of carboxylic acid groups (broad SMARTS) is 1.